The molecule has 0 bridgehead atoms. The van der Waals surface area contributed by atoms with Crippen molar-refractivity contribution in [1.82, 2.24) is 0 Å². The summed E-state index contributed by atoms with van der Waals surface area (Å²) in [5, 5.41) is 8.42. The summed E-state index contributed by atoms with van der Waals surface area (Å²) < 4.78 is 15.4. The molecule has 1 aromatic rings. The number of hydrogen-bond donors (Lipinski definition) is 2. The summed E-state index contributed by atoms with van der Waals surface area (Å²) in [7, 11) is -3.84. The van der Waals surface area contributed by atoms with E-state index in [1.54, 1.807) is 30.3 Å². The lowest BCUT2D eigenvalue weighted by Crippen LogP contribution is -1.95. The second-order valence-corrected chi connectivity index (χ2v) is 3.92. The summed E-state index contributed by atoms with van der Waals surface area (Å²) in [6.07, 6.45) is -0.873. The SMILES string of the molecule is O=P(O)(CO)Oc1ccccc1. The molecule has 0 heterocycles. The maximum atomic E-state index is 10.8. The Morgan fingerprint density at radius 2 is 1.92 bits per heavy atom. The van der Waals surface area contributed by atoms with E-state index in [0.29, 0.717) is 0 Å². The van der Waals surface area contributed by atoms with Gasteiger partial charge in [0.1, 0.15) is 5.75 Å². The van der Waals surface area contributed by atoms with Crippen LogP contribution in [-0.4, -0.2) is 16.3 Å². The summed E-state index contributed by atoms with van der Waals surface area (Å²) in [5.41, 5.74) is 0. The van der Waals surface area contributed by atoms with Gasteiger partial charge in [0.25, 0.3) is 0 Å². The Bertz CT molecular complexity index is 285. The van der Waals surface area contributed by atoms with Gasteiger partial charge in [-0.15, -0.1) is 0 Å². The Morgan fingerprint density at radius 1 is 1.33 bits per heavy atom. The molecule has 0 radical (unpaired) electrons. The molecule has 0 aliphatic carbocycles. The Kier molecular flexibility index (Phi) is 2.87. The van der Waals surface area contributed by atoms with Crippen molar-refractivity contribution in [1.29, 1.82) is 0 Å². The molecule has 4 nitrogen and oxygen atoms in total. The fourth-order valence-electron chi connectivity index (χ4n) is 0.675. The van der Waals surface area contributed by atoms with Gasteiger partial charge in [-0.1, -0.05) is 18.2 Å². The van der Waals surface area contributed by atoms with Crippen molar-refractivity contribution < 1.29 is 19.1 Å². The van der Waals surface area contributed by atoms with Crippen LogP contribution in [0.5, 0.6) is 5.75 Å². The Labute approximate surface area is 70.0 Å². The van der Waals surface area contributed by atoms with Gasteiger partial charge in [-0.3, -0.25) is 0 Å². The van der Waals surface area contributed by atoms with E-state index >= 15 is 0 Å². The second-order valence-electron chi connectivity index (χ2n) is 2.18. The minimum atomic E-state index is -3.84. The van der Waals surface area contributed by atoms with Gasteiger partial charge in [0, 0.05) is 0 Å². The highest BCUT2D eigenvalue weighted by Crippen LogP contribution is 2.40. The molecule has 0 fully saturated rings. The van der Waals surface area contributed by atoms with Gasteiger partial charge in [-0.25, -0.2) is 4.57 Å². The molecule has 0 aliphatic heterocycles. The van der Waals surface area contributed by atoms with Crippen LogP contribution in [-0.2, 0) is 4.57 Å². The lowest BCUT2D eigenvalue weighted by atomic mass is 10.3. The van der Waals surface area contributed by atoms with E-state index in [0.717, 1.165) is 0 Å². The molecule has 1 rings (SSSR count). The fourth-order valence-corrected chi connectivity index (χ4v) is 1.18. The van der Waals surface area contributed by atoms with Gasteiger partial charge in [0.05, 0.1) is 0 Å². The van der Waals surface area contributed by atoms with E-state index in [1.807, 2.05) is 0 Å². The lowest BCUT2D eigenvalue weighted by Gasteiger charge is -2.09. The summed E-state index contributed by atoms with van der Waals surface area (Å²) in [5.74, 6) is 0.275. The first-order valence-electron chi connectivity index (χ1n) is 3.31. The third-order valence-corrected chi connectivity index (χ3v) is 2.02. The normalized spacial score (nSPS) is 15.2. The van der Waals surface area contributed by atoms with E-state index in [1.165, 1.54) is 0 Å². The highest BCUT2D eigenvalue weighted by atomic mass is 31.2. The molecule has 0 amide bonds. The van der Waals surface area contributed by atoms with E-state index in [4.69, 9.17) is 10.00 Å². The van der Waals surface area contributed by atoms with Crippen LogP contribution in [0.4, 0.5) is 0 Å². The lowest BCUT2D eigenvalue weighted by molar-refractivity contribution is 0.292. The number of aliphatic hydroxyl groups is 1. The van der Waals surface area contributed by atoms with Crippen molar-refractivity contribution in [3.05, 3.63) is 30.3 Å². The molecular weight excluding hydrogens is 179 g/mol. The predicted octanol–water partition coefficient (Wildman–Crippen LogP) is 1.20. The largest absolute Gasteiger partial charge is 0.423 e. The summed E-state index contributed by atoms with van der Waals surface area (Å²) in [4.78, 5) is 8.86. The van der Waals surface area contributed by atoms with Gasteiger partial charge >= 0.3 is 7.60 Å². The topological polar surface area (TPSA) is 66.8 Å². The zero-order chi connectivity index (χ0) is 9.03. The molecule has 1 unspecified atom stereocenters. The van der Waals surface area contributed by atoms with Crippen molar-refractivity contribution in [2.45, 2.75) is 0 Å². The minimum Gasteiger partial charge on any atom is -0.423 e. The number of benzene rings is 1. The van der Waals surface area contributed by atoms with Crippen molar-refractivity contribution >= 4 is 7.60 Å². The molecule has 12 heavy (non-hydrogen) atoms. The van der Waals surface area contributed by atoms with Crippen LogP contribution >= 0.6 is 7.60 Å². The third kappa shape index (κ3) is 2.66. The number of aliphatic hydroxyl groups excluding tert-OH is 1. The van der Waals surface area contributed by atoms with Gasteiger partial charge < -0.3 is 14.5 Å². The van der Waals surface area contributed by atoms with Crippen molar-refractivity contribution in [2.24, 2.45) is 0 Å². The molecule has 66 valence electrons. The Balaban J connectivity index is 2.71. The van der Waals surface area contributed by atoms with E-state index in [9.17, 15) is 4.57 Å². The second kappa shape index (κ2) is 3.72. The van der Waals surface area contributed by atoms with Crippen LogP contribution in [0.3, 0.4) is 0 Å². The maximum Gasteiger partial charge on any atom is 0.401 e. The van der Waals surface area contributed by atoms with Crippen molar-refractivity contribution in [3.63, 3.8) is 0 Å². The minimum absolute atomic E-state index is 0.275. The molecule has 5 heteroatoms. The first-order chi connectivity index (χ1) is 5.64. The van der Waals surface area contributed by atoms with Crippen LogP contribution in [0.1, 0.15) is 0 Å². The molecule has 1 atom stereocenters. The smallest absolute Gasteiger partial charge is 0.401 e. The highest BCUT2D eigenvalue weighted by Gasteiger charge is 2.18. The molecule has 1 aromatic carbocycles. The molecule has 0 aromatic heterocycles. The van der Waals surface area contributed by atoms with Crippen LogP contribution in [0.15, 0.2) is 30.3 Å². The van der Waals surface area contributed by atoms with Crippen LogP contribution < -0.4 is 4.52 Å². The van der Waals surface area contributed by atoms with Crippen LogP contribution in [0, 0.1) is 0 Å². The van der Waals surface area contributed by atoms with E-state index in [-0.39, 0.29) is 5.75 Å². The number of para-hydroxylation sites is 1. The quantitative estimate of drug-likeness (QED) is 0.699. The molecule has 0 saturated carbocycles. The first-order valence-corrected chi connectivity index (χ1v) is 5.08. The van der Waals surface area contributed by atoms with Gasteiger partial charge in [-0.05, 0) is 12.1 Å². The van der Waals surface area contributed by atoms with Gasteiger partial charge in [0.15, 0.2) is 6.35 Å². The fraction of sp³-hybridized carbons (Fsp3) is 0.143. The highest BCUT2D eigenvalue weighted by molar-refractivity contribution is 7.52. The summed E-state index contributed by atoms with van der Waals surface area (Å²) >= 11 is 0. The molecule has 2 N–H and O–H groups in total. The zero-order valence-corrected chi connectivity index (χ0v) is 7.15. The molecular formula is C7H9O4P. The molecule has 0 spiro atoms. The summed E-state index contributed by atoms with van der Waals surface area (Å²) in [6, 6.07) is 8.19. The average molecular weight is 188 g/mol. The number of rotatable bonds is 3. The van der Waals surface area contributed by atoms with Crippen molar-refractivity contribution in [3.8, 4) is 5.75 Å². The van der Waals surface area contributed by atoms with Crippen LogP contribution in [0.25, 0.3) is 0 Å². The molecule has 0 aliphatic rings. The third-order valence-electron chi connectivity index (χ3n) is 1.17. The number of hydrogen-bond acceptors (Lipinski definition) is 3. The van der Waals surface area contributed by atoms with Crippen molar-refractivity contribution in [2.75, 3.05) is 6.35 Å². The standard InChI is InChI=1S/C7H9O4P/c8-6-12(9,10)11-7-4-2-1-3-5-7/h1-5,8H,6H2,(H,9,10). The summed E-state index contributed by atoms with van der Waals surface area (Å²) in [6.45, 7) is 0. The average Bonchev–Trinajstić information content (AvgIpc) is 2.06. The van der Waals surface area contributed by atoms with E-state index < -0.39 is 13.9 Å². The predicted molar refractivity (Wildman–Crippen MR) is 44.0 cm³/mol. The van der Waals surface area contributed by atoms with Gasteiger partial charge in [-0.2, -0.15) is 0 Å². The zero-order valence-electron chi connectivity index (χ0n) is 6.25. The van der Waals surface area contributed by atoms with Gasteiger partial charge in [0.2, 0.25) is 0 Å². The Hall–Kier alpha value is -0.830. The molecule has 0 saturated heterocycles. The van der Waals surface area contributed by atoms with E-state index in [2.05, 4.69) is 4.52 Å². The monoisotopic (exact) mass is 188 g/mol. The maximum absolute atomic E-state index is 10.8. The van der Waals surface area contributed by atoms with Crippen LogP contribution in [0.2, 0.25) is 0 Å². The Morgan fingerprint density at radius 3 is 2.42 bits per heavy atom. The first kappa shape index (κ1) is 9.26.